The molecule has 0 unspecified atom stereocenters. The van der Waals surface area contributed by atoms with Gasteiger partial charge < -0.3 is 15.6 Å². The fourth-order valence-electron chi connectivity index (χ4n) is 1.32. The van der Waals surface area contributed by atoms with Gasteiger partial charge in [-0.05, 0) is 24.1 Å². The Morgan fingerprint density at radius 1 is 1.33 bits per heavy atom. The molecule has 0 aliphatic carbocycles. The van der Waals surface area contributed by atoms with Crippen LogP contribution in [0, 0.1) is 0 Å². The van der Waals surface area contributed by atoms with Crippen LogP contribution in [0.5, 0.6) is 5.75 Å². The highest BCUT2D eigenvalue weighted by Crippen LogP contribution is 2.13. The van der Waals surface area contributed by atoms with Crippen molar-refractivity contribution >= 4 is 0 Å². The number of hydrogen-bond acceptors (Lipinski definition) is 2. The predicted molar refractivity (Wildman–Crippen MR) is 59.7 cm³/mol. The molecule has 0 aromatic heterocycles. The number of aliphatic hydroxyl groups is 1. The van der Waals surface area contributed by atoms with Crippen molar-refractivity contribution in [2.75, 3.05) is 13.2 Å². The van der Waals surface area contributed by atoms with E-state index in [2.05, 4.69) is 24.8 Å². The van der Waals surface area contributed by atoms with Crippen LogP contribution in [-0.4, -0.2) is 24.4 Å². The number of aryl methyl sites for hydroxylation is 1. The van der Waals surface area contributed by atoms with Crippen LogP contribution in [0.25, 0.3) is 0 Å². The third kappa shape index (κ3) is 4.32. The lowest BCUT2D eigenvalue weighted by Gasteiger charge is -2.09. The van der Waals surface area contributed by atoms with Crippen molar-refractivity contribution in [3.05, 3.63) is 29.8 Å². The van der Waals surface area contributed by atoms with Crippen molar-refractivity contribution in [1.82, 2.24) is 0 Å². The molecule has 0 radical (unpaired) electrons. The molecule has 1 aromatic carbocycles. The molecular formula is C12H20NO2+. The number of hydrogen-bond donors (Lipinski definition) is 2. The molecule has 0 fully saturated rings. The minimum absolute atomic E-state index is 0.316. The molecule has 3 nitrogen and oxygen atoms in total. The van der Waals surface area contributed by atoms with Gasteiger partial charge in [0.25, 0.3) is 0 Å². The van der Waals surface area contributed by atoms with Gasteiger partial charge in [0, 0.05) is 0 Å². The van der Waals surface area contributed by atoms with E-state index in [1.54, 1.807) is 0 Å². The van der Waals surface area contributed by atoms with Crippen LogP contribution >= 0.6 is 0 Å². The maximum Gasteiger partial charge on any atom is 0.136 e. The summed E-state index contributed by atoms with van der Waals surface area (Å²) in [7, 11) is 0. The first kappa shape index (κ1) is 12.0. The topological polar surface area (TPSA) is 57.1 Å². The third-order valence-electron chi connectivity index (χ3n) is 2.24. The Morgan fingerprint density at radius 3 is 2.53 bits per heavy atom. The molecule has 1 atom stereocenters. The summed E-state index contributed by atoms with van der Waals surface area (Å²) in [5.74, 6) is 0.808. The summed E-state index contributed by atoms with van der Waals surface area (Å²) in [6.45, 7) is 2.96. The van der Waals surface area contributed by atoms with Gasteiger partial charge in [-0.1, -0.05) is 25.5 Å². The monoisotopic (exact) mass is 210 g/mol. The minimum Gasteiger partial charge on any atom is -0.491 e. The standard InChI is InChI=1S/C12H19NO2/c1-2-3-10-4-6-12(7-5-10)15-9-11(14)8-13/h4-7,11,14H,2-3,8-9,13H2,1H3/p+1/t11-/m0/s1. The zero-order chi connectivity index (χ0) is 11.1. The highest BCUT2D eigenvalue weighted by molar-refractivity contribution is 5.27. The first-order valence-electron chi connectivity index (χ1n) is 5.45. The summed E-state index contributed by atoms with van der Waals surface area (Å²) in [5, 5.41) is 9.27. The zero-order valence-corrected chi connectivity index (χ0v) is 9.28. The van der Waals surface area contributed by atoms with Crippen LogP contribution in [0.3, 0.4) is 0 Å². The van der Waals surface area contributed by atoms with E-state index in [0.717, 1.165) is 18.6 Å². The summed E-state index contributed by atoms with van der Waals surface area (Å²) in [4.78, 5) is 0. The second-order valence-electron chi connectivity index (χ2n) is 3.65. The SMILES string of the molecule is CCCc1ccc(OC[C@@H](O)C[NH3+])cc1. The van der Waals surface area contributed by atoms with Crippen molar-refractivity contribution in [2.24, 2.45) is 0 Å². The van der Waals surface area contributed by atoms with Crippen molar-refractivity contribution in [3.63, 3.8) is 0 Å². The molecule has 0 aliphatic heterocycles. The summed E-state index contributed by atoms with van der Waals surface area (Å²) in [5.41, 5.74) is 4.93. The van der Waals surface area contributed by atoms with Crippen molar-refractivity contribution in [1.29, 1.82) is 0 Å². The molecule has 0 saturated carbocycles. The van der Waals surface area contributed by atoms with E-state index < -0.39 is 6.10 Å². The van der Waals surface area contributed by atoms with Crippen LogP contribution in [0.4, 0.5) is 0 Å². The lowest BCUT2D eigenvalue weighted by molar-refractivity contribution is -0.384. The molecule has 0 spiro atoms. The van der Waals surface area contributed by atoms with Gasteiger partial charge in [-0.2, -0.15) is 0 Å². The van der Waals surface area contributed by atoms with E-state index in [9.17, 15) is 5.11 Å². The summed E-state index contributed by atoms with van der Waals surface area (Å²) in [6, 6.07) is 8.02. The molecule has 1 aromatic rings. The molecule has 0 bridgehead atoms. The van der Waals surface area contributed by atoms with Crippen molar-refractivity contribution < 1.29 is 15.6 Å². The molecule has 4 N–H and O–H groups in total. The molecule has 1 rings (SSSR count). The maximum absolute atomic E-state index is 9.27. The zero-order valence-electron chi connectivity index (χ0n) is 9.28. The van der Waals surface area contributed by atoms with Gasteiger partial charge >= 0.3 is 0 Å². The normalized spacial score (nSPS) is 12.5. The number of benzene rings is 1. The number of aliphatic hydroxyl groups excluding tert-OH is 1. The predicted octanol–water partition coefficient (Wildman–Crippen LogP) is 0.621. The van der Waals surface area contributed by atoms with Gasteiger partial charge in [0.2, 0.25) is 0 Å². The second-order valence-corrected chi connectivity index (χ2v) is 3.65. The Bertz CT molecular complexity index is 271. The van der Waals surface area contributed by atoms with Gasteiger partial charge in [0.05, 0.1) is 0 Å². The van der Waals surface area contributed by atoms with E-state index in [-0.39, 0.29) is 0 Å². The van der Waals surface area contributed by atoms with E-state index in [1.807, 2.05) is 12.1 Å². The van der Waals surface area contributed by atoms with E-state index in [1.165, 1.54) is 5.56 Å². The molecule has 0 amide bonds. The number of rotatable bonds is 6. The lowest BCUT2D eigenvalue weighted by atomic mass is 10.1. The summed E-state index contributed by atoms with van der Waals surface area (Å²) >= 11 is 0. The Morgan fingerprint density at radius 2 is 2.00 bits per heavy atom. The molecule has 0 aliphatic rings. The van der Waals surface area contributed by atoms with Crippen molar-refractivity contribution in [3.8, 4) is 5.75 Å². The lowest BCUT2D eigenvalue weighted by Crippen LogP contribution is -2.56. The largest absolute Gasteiger partial charge is 0.491 e. The Kier molecular flexibility index (Phi) is 5.15. The van der Waals surface area contributed by atoms with Gasteiger partial charge in [0.1, 0.15) is 25.0 Å². The van der Waals surface area contributed by atoms with Gasteiger partial charge in [0.15, 0.2) is 0 Å². The second kappa shape index (κ2) is 6.43. The first-order chi connectivity index (χ1) is 7.26. The fourth-order valence-corrected chi connectivity index (χ4v) is 1.32. The molecule has 3 heteroatoms. The Labute approximate surface area is 90.9 Å². The van der Waals surface area contributed by atoms with Crippen molar-refractivity contribution in [2.45, 2.75) is 25.9 Å². The fraction of sp³-hybridized carbons (Fsp3) is 0.500. The van der Waals surface area contributed by atoms with Crippen LogP contribution in [0.1, 0.15) is 18.9 Å². The highest BCUT2D eigenvalue weighted by Gasteiger charge is 2.03. The third-order valence-corrected chi connectivity index (χ3v) is 2.24. The Hall–Kier alpha value is -1.06. The minimum atomic E-state index is -0.472. The molecule has 0 heterocycles. The van der Waals surface area contributed by atoms with Crippen LogP contribution in [-0.2, 0) is 6.42 Å². The maximum atomic E-state index is 9.27. The quantitative estimate of drug-likeness (QED) is 0.723. The average molecular weight is 210 g/mol. The molecule has 0 saturated heterocycles. The summed E-state index contributed by atoms with van der Waals surface area (Å²) < 4.78 is 5.40. The van der Waals surface area contributed by atoms with Crippen LogP contribution < -0.4 is 10.5 Å². The van der Waals surface area contributed by atoms with Gasteiger partial charge in [-0.15, -0.1) is 0 Å². The molecular weight excluding hydrogens is 190 g/mol. The van der Waals surface area contributed by atoms with E-state index in [4.69, 9.17) is 4.74 Å². The highest BCUT2D eigenvalue weighted by atomic mass is 16.5. The number of quaternary nitrogens is 1. The molecule has 15 heavy (non-hydrogen) atoms. The van der Waals surface area contributed by atoms with E-state index >= 15 is 0 Å². The average Bonchev–Trinajstić information content (AvgIpc) is 2.28. The smallest absolute Gasteiger partial charge is 0.136 e. The van der Waals surface area contributed by atoms with Crippen LogP contribution in [0.15, 0.2) is 24.3 Å². The summed E-state index contributed by atoms with van der Waals surface area (Å²) in [6.07, 6.45) is 1.78. The van der Waals surface area contributed by atoms with Gasteiger partial charge in [-0.25, -0.2) is 0 Å². The number of ether oxygens (including phenoxy) is 1. The van der Waals surface area contributed by atoms with E-state index in [0.29, 0.717) is 13.2 Å². The Balaban J connectivity index is 2.42. The van der Waals surface area contributed by atoms with Crippen LogP contribution in [0.2, 0.25) is 0 Å². The molecule has 84 valence electrons. The first-order valence-corrected chi connectivity index (χ1v) is 5.45. The van der Waals surface area contributed by atoms with Gasteiger partial charge in [-0.3, -0.25) is 0 Å².